The molecule has 1 heterocycles. The minimum absolute atomic E-state index is 0.0651. The largest absolute Gasteiger partial charge is 0.368 e. The average molecular weight is 330 g/mol. The molecule has 0 bridgehead atoms. The molecule has 0 spiro atoms. The van der Waals surface area contributed by atoms with Crippen molar-refractivity contribution in [2.45, 2.75) is 38.6 Å². The average Bonchev–Trinajstić information content (AvgIpc) is 3.08. The highest BCUT2D eigenvalue weighted by Gasteiger charge is 2.24. The highest BCUT2D eigenvalue weighted by Crippen LogP contribution is 2.20. The van der Waals surface area contributed by atoms with Crippen molar-refractivity contribution in [2.75, 3.05) is 36.4 Å². The van der Waals surface area contributed by atoms with Crippen LogP contribution in [0.1, 0.15) is 32.6 Å². The quantitative estimate of drug-likeness (QED) is 0.894. The normalized spacial score (nSPS) is 18.5. The van der Waals surface area contributed by atoms with Crippen LogP contribution in [0.5, 0.6) is 0 Å². The second-order valence-electron chi connectivity index (χ2n) is 6.63. The second kappa shape index (κ2) is 7.55. The smallest absolute Gasteiger partial charge is 0.317 e. The number of carbonyl (C=O) groups is 2. The number of rotatable bonds is 3. The standard InChI is InChI=1S/C18H26N4O2/c1-14(23)19-16-6-8-17(9-7-16)21-10-12-22(13-11-21)18(24)20-15-4-2-3-5-15/h6-9,15H,2-5,10-13H2,1H3,(H,19,23)(H,20,24). The molecule has 0 aromatic heterocycles. The third-order valence-electron chi connectivity index (χ3n) is 4.80. The Hall–Kier alpha value is -2.24. The van der Waals surface area contributed by atoms with Crippen LogP contribution < -0.4 is 15.5 Å². The zero-order chi connectivity index (χ0) is 16.9. The van der Waals surface area contributed by atoms with Gasteiger partial charge in [-0.25, -0.2) is 4.79 Å². The van der Waals surface area contributed by atoms with Gasteiger partial charge in [-0.05, 0) is 37.1 Å². The van der Waals surface area contributed by atoms with Gasteiger partial charge in [0.2, 0.25) is 5.91 Å². The zero-order valence-electron chi connectivity index (χ0n) is 14.3. The minimum Gasteiger partial charge on any atom is -0.368 e. The summed E-state index contributed by atoms with van der Waals surface area (Å²) in [5.74, 6) is -0.0651. The SMILES string of the molecule is CC(=O)Nc1ccc(N2CCN(C(=O)NC3CCCC3)CC2)cc1. The fraction of sp³-hybridized carbons (Fsp3) is 0.556. The number of nitrogens with one attached hydrogen (secondary N) is 2. The van der Waals surface area contributed by atoms with E-state index in [9.17, 15) is 9.59 Å². The van der Waals surface area contributed by atoms with Gasteiger partial charge in [0, 0.05) is 50.5 Å². The second-order valence-corrected chi connectivity index (χ2v) is 6.63. The monoisotopic (exact) mass is 330 g/mol. The van der Waals surface area contributed by atoms with E-state index < -0.39 is 0 Å². The Morgan fingerprint density at radius 1 is 1.00 bits per heavy atom. The van der Waals surface area contributed by atoms with E-state index in [4.69, 9.17) is 0 Å². The molecule has 0 unspecified atom stereocenters. The summed E-state index contributed by atoms with van der Waals surface area (Å²) in [5.41, 5.74) is 1.93. The first-order valence-electron chi connectivity index (χ1n) is 8.80. The lowest BCUT2D eigenvalue weighted by Crippen LogP contribution is -2.53. The van der Waals surface area contributed by atoms with Crippen LogP contribution in [0, 0.1) is 0 Å². The number of anilines is 2. The molecule has 1 saturated carbocycles. The van der Waals surface area contributed by atoms with Gasteiger partial charge in [-0.2, -0.15) is 0 Å². The number of hydrogen-bond acceptors (Lipinski definition) is 3. The number of nitrogens with zero attached hydrogens (tertiary/aromatic N) is 2. The molecule has 1 aromatic carbocycles. The number of urea groups is 1. The van der Waals surface area contributed by atoms with Gasteiger partial charge in [0.05, 0.1) is 0 Å². The van der Waals surface area contributed by atoms with Crippen molar-refractivity contribution >= 4 is 23.3 Å². The Bertz CT molecular complexity index is 573. The van der Waals surface area contributed by atoms with Crippen molar-refractivity contribution < 1.29 is 9.59 Å². The van der Waals surface area contributed by atoms with Gasteiger partial charge in [-0.1, -0.05) is 12.8 Å². The van der Waals surface area contributed by atoms with E-state index in [1.54, 1.807) is 0 Å². The molecule has 1 aromatic rings. The van der Waals surface area contributed by atoms with Crippen LogP contribution in [0.15, 0.2) is 24.3 Å². The minimum atomic E-state index is -0.0651. The first kappa shape index (κ1) is 16.6. The number of piperazine rings is 1. The highest BCUT2D eigenvalue weighted by molar-refractivity contribution is 5.88. The van der Waals surface area contributed by atoms with E-state index in [1.807, 2.05) is 29.2 Å². The lowest BCUT2D eigenvalue weighted by Gasteiger charge is -2.36. The van der Waals surface area contributed by atoms with Gasteiger partial charge in [-0.15, -0.1) is 0 Å². The molecule has 1 aliphatic heterocycles. The predicted octanol–water partition coefficient (Wildman–Crippen LogP) is 2.42. The van der Waals surface area contributed by atoms with Gasteiger partial charge in [-0.3, -0.25) is 4.79 Å². The molecule has 0 radical (unpaired) electrons. The van der Waals surface area contributed by atoms with Gasteiger partial charge >= 0.3 is 6.03 Å². The summed E-state index contributed by atoms with van der Waals surface area (Å²) in [7, 11) is 0. The van der Waals surface area contributed by atoms with Crippen molar-refractivity contribution in [1.29, 1.82) is 0 Å². The highest BCUT2D eigenvalue weighted by atomic mass is 16.2. The van der Waals surface area contributed by atoms with Gasteiger partial charge in [0.15, 0.2) is 0 Å². The van der Waals surface area contributed by atoms with Gasteiger partial charge in [0.25, 0.3) is 0 Å². The number of benzene rings is 1. The maximum atomic E-state index is 12.3. The molecule has 24 heavy (non-hydrogen) atoms. The fourth-order valence-corrected chi connectivity index (χ4v) is 3.46. The Morgan fingerprint density at radius 3 is 2.21 bits per heavy atom. The third-order valence-corrected chi connectivity index (χ3v) is 4.80. The fourth-order valence-electron chi connectivity index (χ4n) is 3.46. The first-order valence-corrected chi connectivity index (χ1v) is 8.80. The molecule has 3 amide bonds. The van der Waals surface area contributed by atoms with Crippen LogP contribution in [-0.4, -0.2) is 49.1 Å². The van der Waals surface area contributed by atoms with Crippen molar-refractivity contribution in [2.24, 2.45) is 0 Å². The van der Waals surface area contributed by atoms with Crippen molar-refractivity contribution in [3.63, 3.8) is 0 Å². The van der Waals surface area contributed by atoms with Crippen molar-refractivity contribution in [3.8, 4) is 0 Å². The van der Waals surface area contributed by atoms with Crippen LogP contribution in [0.3, 0.4) is 0 Å². The zero-order valence-corrected chi connectivity index (χ0v) is 14.3. The Kier molecular flexibility index (Phi) is 5.23. The Labute approximate surface area is 143 Å². The van der Waals surface area contributed by atoms with Crippen LogP contribution in [-0.2, 0) is 4.79 Å². The van der Waals surface area contributed by atoms with Crippen LogP contribution in [0.4, 0.5) is 16.2 Å². The van der Waals surface area contributed by atoms with E-state index in [0.717, 1.165) is 50.4 Å². The Balaban J connectivity index is 1.49. The number of hydrogen-bond donors (Lipinski definition) is 2. The molecule has 0 atom stereocenters. The summed E-state index contributed by atoms with van der Waals surface area (Å²) < 4.78 is 0. The molecular formula is C18H26N4O2. The molecule has 1 aliphatic carbocycles. The summed E-state index contributed by atoms with van der Waals surface area (Å²) in [6.07, 6.45) is 4.69. The molecule has 6 nitrogen and oxygen atoms in total. The molecular weight excluding hydrogens is 304 g/mol. The molecule has 1 saturated heterocycles. The van der Waals surface area contributed by atoms with E-state index in [0.29, 0.717) is 6.04 Å². The third kappa shape index (κ3) is 4.19. The van der Waals surface area contributed by atoms with E-state index >= 15 is 0 Å². The summed E-state index contributed by atoms with van der Waals surface area (Å²) >= 11 is 0. The molecule has 2 aliphatic rings. The summed E-state index contributed by atoms with van der Waals surface area (Å²) in [5, 5.41) is 5.93. The Morgan fingerprint density at radius 2 is 1.62 bits per heavy atom. The summed E-state index contributed by atoms with van der Waals surface area (Å²) in [6.45, 7) is 4.65. The van der Waals surface area contributed by atoms with Crippen molar-refractivity contribution in [3.05, 3.63) is 24.3 Å². The maximum Gasteiger partial charge on any atom is 0.317 e. The molecule has 3 rings (SSSR count). The van der Waals surface area contributed by atoms with Crippen LogP contribution in [0.25, 0.3) is 0 Å². The van der Waals surface area contributed by atoms with E-state index in [2.05, 4.69) is 15.5 Å². The van der Waals surface area contributed by atoms with E-state index in [1.165, 1.54) is 19.8 Å². The topological polar surface area (TPSA) is 64.7 Å². The molecule has 2 fully saturated rings. The van der Waals surface area contributed by atoms with Crippen LogP contribution >= 0.6 is 0 Å². The first-order chi connectivity index (χ1) is 11.6. The van der Waals surface area contributed by atoms with Gasteiger partial charge < -0.3 is 20.4 Å². The molecule has 2 N–H and O–H groups in total. The summed E-state index contributed by atoms with van der Waals surface area (Å²) in [6, 6.07) is 8.31. The molecule has 6 heteroatoms. The van der Waals surface area contributed by atoms with E-state index in [-0.39, 0.29) is 11.9 Å². The number of carbonyl (C=O) groups excluding carboxylic acids is 2. The lowest BCUT2D eigenvalue weighted by atomic mass is 10.2. The lowest BCUT2D eigenvalue weighted by molar-refractivity contribution is -0.114. The predicted molar refractivity (Wildman–Crippen MR) is 95.3 cm³/mol. The molecule has 130 valence electrons. The van der Waals surface area contributed by atoms with Crippen LogP contribution in [0.2, 0.25) is 0 Å². The number of amides is 3. The van der Waals surface area contributed by atoms with Gasteiger partial charge in [0.1, 0.15) is 0 Å². The maximum absolute atomic E-state index is 12.3. The summed E-state index contributed by atoms with van der Waals surface area (Å²) in [4.78, 5) is 27.6. The van der Waals surface area contributed by atoms with Crippen molar-refractivity contribution in [1.82, 2.24) is 10.2 Å².